The maximum absolute atomic E-state index is 12.6. The van der Waals surface area contributed by atoms with Crippen molar-refractivity contribution < 1.29 is 13.2 Å². The molecule has 136 valence electrons. The molecule has 1 heterocycles. The SMILES string of the molecule is COc1ccc(S(=O)(=O)NCc2ccccc2Cn2cccn2)cc1Br. The molecule has 0 amide bonds. The Bertz CT molecular complexity index is 989. The number of methoxy groups -OCH3 is 1. The van der Waals surface area contributed by atoms with Crippen LogP contribution >= 0.6 is 15.9 Å². The molecule has 0 bridgehead atoms. The minimum atomic E-state index is -3.64. The molecule has 3 aromatic rings. The van der Waals surface area contributed by atoms with E-state index in [2.05, 4.69) is 25.8 Å². The van der Waals surface area contributed by atoms with Gasteiger partial charge in [0.1, 0.15) is 5.75 Å². The van der Waals surface area contributed by atoms with E-state index in [4.69, 9.17) is 4.74 Å². The van der Waals surface area contributed by atoms with E-state index in [9.17, 15) is 8.42 Å². The highest BCUT2D eigenvalue weighted by Crippen LogP contribution is 2.27. The van der Waals surface area contributed by atoms with Gasteiger partial charge in [0, 0.05) is 18.9 Å². The van der Waals surface area contributed by atoms with E-state index in [1.807, 2.05) is 36.5 Å². The van der Waals surface area contributed by atoms with Gasteiger partial charge in [-0.3, -0.25) is 4.68 Å². The lowest BCUT2D eigenvalue weighted by atomic mass is 10.1. The van der Waals surface area contributed by atoms with Crippen molar-refractivity contribution in [3.05, 3.63) is 76.5 Å². The molecule has 2 aromatic carbocycles. The summed E-state index contributed by atoms with van der Waals surface area (Å²) in [6, 6.07) is 14.2. The lowest BCUT2D eigenvalue weighted by molar-refractivity contribution is 0.411. The van der Waals surface area contributed by atoms with Gasteiger partial charge in [-0.05, 0) is 51.3 Å². The van der Waals surface area contributed by atoms with Gasteiger partial charge in [-0.25, -0.2) is 13.1 Å². The maximum atomic E-state index is 12.6. The van der Waals surface area contributed by atoms with E-state index in [1.54, 1.807) is 16.9 Å². The Labute approximate surface area is 161 Å². The van der Waals surface area contributed by atoms with Gasteiger partial charge in [0.25, 0.3) is 0 Å². The van der Waals surface area contributed by atoms with Crippen LogP contribution in [0.2, 0.25) is 0 Å². The average Bonchev–Trinajstić information content (AvgIpc) is 3.14. The van der Waals surface area contributed by atoms with E-state index < -0.39 is 10.0 Å². The molecule has 0 aliphatic carbocycles. The summed E-state index contributed by atoms with van der Waals surface area (Å²) in [6.45, 7) is 0.780. The lowest BCUT2D eigenvalue weighted by Crippen LogP contribution is -2.24. The first-order valence-corrected chi connectivity index (χ1v) is 10.1. The third-order valence-corrected chi connectivity index (χ3v) is 5.91. The largest absolute Gasteiger partial charge is 0.496 e. The zero-order valence-electron chi connectivity index (χ0n) is 14.1. The summed E-state index contributed by atoms with van der Waals surface area (Å²) in [4.78, 5) is 0.176. The van der Waals surface area contributed by atoms with Gasteiger partial charge in [-0.2, -0.15) is 5.10 Å². The lowest BCUT2D eigenvalue weighted by Gasteiger charge is -2.12. The number of nitrogens with one attached hydrogen (secondary N) is 1. The number of ether oxygens (including phenoxy) is 1. The number of hydrogen-bond acceptors (Lipinski definition) is 4. The summed E-state index contributed by atoms with van der Waals surface area (Å²) in [7, 11) is -2.11. The van der Waals surface area contributed by atoms with Gasteiger partial charge in [-0.15, -0.1) is 0 Å². The van der Waals surface area contributed by atoms with Gasteiger partial charge in [0.15, 0.2) is 0 Å². The first-order chi connectivity index (χ1) is 12.5. The minimum Gasteiger partial charge on any atom is -0.496 e. The molecule has 0 aliphatic heterocycles. The Morgan fingerprint density at radius 3 is 2.58 bits per heavy atom. The van der Waals surface area contributed by atoms with Crippen molar-refractivity contribution in [1.29, 1.82) is 0 Å². The summed E-state index contributed by atoms with van der Waals surface area (Å²) in [5.74, 6) is 0.577. The van der Waals surface area contributed by atoms with Crippen LogP contribution in [-0.2, 0) is 23.1 Å². The molecule has 3 rings (SSSR count). The predicted octanol–water partition coefficient (Wildman–Crippen LogP) is 3.18. The van der Waals surface area contributed by atoms with Crippen molar-refractivity contribution in [3.63, 3.8) is 0 Å². The zero-order chi connectivity index (χ0) is 18.6. The summed E-state index contributed by atoms with van der Waals surface area (Å²) >= 11 is 3.31. The standard InChI is InChI=1S/C18H18BrN3O3S/c1-25-18-8-7-16(11-17(18)19)26(23,24)21-12-14-5-2-3-6-15(14)13-22-10-4-9-20-22/h2-11,21H,12-13H2,1H3. The van der Waals surface area contributed by atoms with Crippen molar-refractivity contribution in [1.82, 2.24) is 14.5 Å². The number of benzene rings is 2. The maximum Gasteiger partial charge on any atom is 0.240 e. The minimum absolute atomic E-state index is 0.176. The molecule has 6 nitrogen and oxygen atoms in total. The van der Waals surface area contributed by atoms with Crippen molar-refractivity contribution in [3.8, 4) is 5.75 Å². The topological polar surface area (TPSA) is 73.2 Å². The number of nitrogens with zero attached hydrogens (tertiary/aromatic N) is 2. The Balaban J connectivity index is 1.77. The third-order valence-electron chi connectivity index (χ3n) is 3.90. The molecule has 1 aromatic heterocycles. The molecule has 0 unspecified atom stereocenters. The molecule has 0 atom stereocenters. The summed E-state index contributed by atoms with van der Waals surface area (Å²) < 4.78 is 35.4. The van der Waals surface area contributed by atoms with Gasteiger partial charge in [-0.1, -0.05) is 24.3 Å². The van der Waals surface area contributed by atoms with E-state index in [1.165, 1.54) is 19.2 Å². The summed E-state index contributed by atoms with van der Waals surface area (Å²) in [5.41, 5.74) is 1.91. The quantitative estimate of drug-likeness (QED) is 0.618. The fourth-order valence-electron chi connectivity index (χ4n) is 2.52. The Hall–Kier alpha value is -2.16. The van der Waals surface area contributed by atoms with Crippen LogP contribution < -0.4 is 9.46 Å². The molecular weight excluding hydrogens is 418 g/mol. The number of rotatable bonds is 7. The average molecular weight is 436 g/mol. The van der Waals surface area contributed by atoms with E-state index in [0.717, 1.165) is 11.1 Å². The second-order valence-electron chi connectivity index (χ2n) is 5.59. The van der Waals surface area contributed by atoms with Crippen LogP contribution in [0.1, 0.15) is 11.1 Å². The highest BCUT2D eigenvalue weighted by molar-refractivity contribution is 9.10. The molecule has 8 heteroatoms. The van der Waals surface area contributed by atoms with E-state index >= 15 is 0 Å². The Morgan fingerprint density at radius 2 is 1.92 bits per heavy atom. The highest BCUT2D eigenvalue weighted by Gasteiger charge is 2.16. The van der Waals surface area contributed by atoms with Crippen LogP contribution in [-0.4, -0.2) is 25.3 Å². The van der Waals surface area contributed by atoms with Crippen molar-refractivity contribution >= 4 is 26.0 Å². The van der Waals surface area contributed by atoms with Crippen LogP contribution in [0.25, 0.3) is 0 Å². The molecule has 0 radical (unpaired) electrons. The second-order valence-corrected chi connectivity index (χ2v) is 8.21. The predicted molar refractivity (Wildman–Crippen MR) is 102 cm³/mol. The number of halogens is 1. The van der Waals surface area contributed by atoms with Crippen LogP contribution in [0.3, 0.4) is 0 Å². The van der Waals surface area contributed by atoms with Crippen LogP contribution in [0.15, 0.2) is 70.3 Å². The number of aromatic nitrogens is 2. The molecule has 0 saturated carbocycles. The van der Waals surface area contributed by atoms with Gasteiger partial charge in [0.05, 0.1) is 23.0 Å². The third kappa shape index (κ3) is 4.32. The molecule has 26 heavy (non-hydrogen) atoms. The molecule has 0 saturated heterocycles. The van der Waals surface area contributed by atoms with Crippen LogP contribution in [0.4, 0.5) is 0 Å². The van der Waals surface area contributed by atoms with E-state index in [0.29, 0.717) is 16.8 Å². The molecule has 1 N–H and O–H groups in total. The zero-order valence-corrected chi connectivity index (χ0v) is 16.5. The highest BCUT2D eigenvalue weighted by atomic mass is 79.9. The number of hydrogen-bond donors (Lipinski definition) is 1. The van der Waals surface area contributed by atoms with Gasteiger partial charge >= 0.3 is 0 Å². The number of sulfonamides is 1. The van der Waals surface area contributed by atoms with Crippen molar-refractivity contribution in [2.45, 2.75) is 18.0 Å². The second kappa shape index (κ2) is 8.03. The molecule has 0 aliphatic rings. The Kier molecular flexibility index (Phi) is 5.75. The van der Waals surface area contributed by atoms with Crippen LogP contribution in [0, 0.1) is 0 Å². The van der Waals surface area contributed by atoms with Crippen LogP contribution in [0.5, 0.6) is 5.75 Å². The fourth-order valence-corrected chi connectivity index (χ4v) is 4.25. The first-order valence-electron chi connectivity index (χ1n) is 7.87. The molecule has 0 fully saturated rings. The van der Waals surface area contributed by atoms with Gasteiger partial charge in [0.2, 0.25) is 10.0 Å². The van der Waals surface area contributed by atoms with E-state index in [-0.39, 0.29) is 11.4 Å². The smallest absolute Gasteiger partial charge is 0.240 e. The normalized spacial score (nSPS) is 11.5. The summed E-state index contributed by atoms with van der Waals surface area (Å²) in [6.07, 6.45) is 3.59. The van der Waals surface area contributed by atoms with Gasteiger partial charge < -0.3 is 4.74 Å². The Morgan fingerprint density at radius 1 is 1.15 bits per heavy atom. The fraction of sp³-hybridized carbons (Fsp3) is 0.167. The first kappa shape index (κ1) is 18.6. The summed E-state index contributed by atoms with van der Waals surface area (Å²) in [5, 5.41) is 4.20. The monoisotopic (exact) mass is 435 g/mol. The molecule has 0 spiro atoms. The van der Waals surface area contributed by atoms with Crippen molar-refractivity contribution in [2.75, 3.05) is 7.11 Å². The van der Waals surface area contributed by atoms with Crippen molar-refractivity contribution in [2.24, 2.45) is 0 Å². The molecular formula is C18H18BrN3O3S.